The van der Waals surface area contributed by atoms with E-state index in [1.165, 1.54) is 6.33 Å². The number of halogens is 1. The van der Waals surface area contributed by atoms with Gasteiger partial charge in [0.1, 0.15) is 17.3 Å². The highest BCUT2D eigenvalue weighted by Gasteiger charge is 2.07. The van der Waals surface area contributed by atoms with E-state index < -0.39 is 0 Å². The van der Waals surface area contributed by atoms with Gasteiger partial charge in [-0.15, -0.1) is 0 Å². The molecule has 3 aromatic heterocycles. The third-order valence-electron chi connectivity index (χ3n) is 2.34. The second kappa shape index (κ2) is 4.26. The molecule has 7 nitrogen and oxygen atoms in total. The number of nitrogens with one attached hydrogen (secondary N) is 1. The number of aromatic nitrogens is 5. The van der Waals surface area contributed by atoms with E-state index in [9.17, 15) is 0 Å². The first-order valence-corrected chi connectivity index (χ1v) is 5.62. The monoisotopic (exact) mass is 264 g/mol. The Kier molecular flexibility index (Phi) is 2.60. The van der Waals surface area contributed by atoms with Crippen molar-refractivity contribution in [3.63, 3.8) is 0 Å². The molecule has 0 aromatic carbocycles. The van der Waals surface area contributed by atoms with Crippen LogP contribution in [0.5, 0.6) is 0 Å². The molecular weight excluding hydrogens is 256 g/mol. The fourth-order valence-electron chi connectivity index (χ4n) is 1.59. The maximum Gasteiger partial charge on any atom is 0.255 e. The zero-order valence-corrected chi connectivity index (χ0v) is 10.2. The molecule has 1 N–H and O–H groups in total. The summed E-state index contributed by atoms with van der Waals surface area (Å²) in [6, 6.07) is 3.53. The van der Waals surface area contributed by atoms with Crippen molar-refractivity contribution < 1.29 is 4.52 Å². The third kappa shape index (κ3) is 2.00. The van der Waals surface area contributed by atoms with E-state index in [4.69, 9.17) is 16.1 Å². The van der Waals surface area contributed by atoms with Crippen LogP contribution in [-0.4, -0.2) is 24.7 Å². The van der Waals surface area contributed by atoms with E-state index in [1.807, 2.05) is 13.0 Å². The second-order valence-corrected chi connectivity index (χ2v) is 4.11. The molecule has 0 bridgehead atoms. The van der Waals surface area contributed by atoms with Gasteiger partial charge in [-0.1, -0.05) is 16.8 Å². The predicted octanol–water partition coefficient (Wildman–Crippen LogP) is 1.69. The van der Waals surface area contributed by atoms with Crippen LogP contribution in [0.1, 0.15) is 11.5 Å². The van der Waals surface area contributed by atoms with Crippen LogP contribution in [0.25, 0.3) is 5.78 Å². The van der Waals surface area contributed by atoms with Gasteiger partial charge in [-0.25, -0.2) is 0 Å². The van der Waals surface area contributed by atoms with Gasteiger partial charge in [0.2, 0.25) is 0 Å². The summed E-state index contributed by atoms with van der Waals surface area (Å²) in [6.45, 7) is 2.35. The molecule has 0 amide bonds. The van der Waals surface area contributed by atoms with Crippen molar-refractivity contribution in [2.45, 2.75) is 13.5 Å². The van der Waals surface area contributed by atoms with Crippen molar-refractivity contribution in [3.8, 4) is 0 Å². The van der Waals surface area contributed by atoms with Crippen LogP contribution in [0.15, 0.2) is 23.0 Å². The first-order chi connectivity index (χ1) is 8.72. The Morgan fingerprint density at radius 3 is 3.11 bits per heavy atom. The lowest BCUT2D eigenvalue weighted by molar-refractivity contribution is 0.384. The SMILES string of the molecule is Cc1cc(CNc2cc(Cl)nc3ncnn23)on1. The average molecular weight is 265 g/mol. The first-order valence-electron chi connectivity index (χ1n) is 5.25. The van der Waals surface area contributed by atoms with Gasteiger partial charge in [-0.2, -0.15) is 19.6 Å². The largest absolute Gasteiger partial charge is 0.362 e. The number of anilines is 1. The molecule has 8 heteroatoms. The molecule has 0 radical (unpaired) electrons. The average Bonchev–Trinajstić information content (AvgIpc) is 2.94. The fourth-order valence-corrected chi connectivity index (χ4v) is 1.77. The van der Waals surface area contributed by atoms with Crippen molar-refractivity contribution in [2.75, 3.05) is 5.32 Å². The minimum Gasteiger partial charge on any atom is -0.362 e. The molecular formula is C10H9ClN6O. The highest BCUT2D eigenvalue weighted by Crippen LogP contribution is 2.15. The van der Waals surface area contributed by atoms with Crippen molar-refractivity contribution in [1.82, 2.24) is 24.7 Å². The van der Waals surface area contributed by atoms with Gasteiger partial charge in [0.15, 0.2) is 5.76 Å². The Bertz CT molecular complexity index is 691. The second-order valence-electron chi connectivity index (χ2n) is 3.72. The standard InChI is InChI=1S/C10H9ClN6O/c1-6-2-7(18-16-6)4-12-9-3-8(11)15-10-13-5-14-17(9)10/h2-3,5,12H,4H2,1H3. The van der Waals surface area contributed by atoms with Gasteiger partial charge in [0.05, 0.1) is 12.2 Å². The molecule has 0 saturated carbocycles. The number of rotatable bonds is 3. The lowest BCUT2D eigenvalue weighted by atomic mass is 10.4. The molecule has 0 atom stereocenters. The predicted molar refractivity (Wildman–Crippen MR) is 64.4 cm³/mol. The van der Waals surface area contributed by atoms with Gasteiger partial charge in [-0.05, 0) is 6.92 Å². The van der Waals surface area contributed by atoms with E-state index >= 15 is 0 Å². The Hall–Kier alpha value is -2.15. The first kappa shape index (κ1) is 11.0. The molecule has 18 heavy (non-hydrogen) atoms. The van der Waals surface area contributed by atoms with Crippen LogP contribution in [0.4, 0.5) is 5.82 Å². The Labute approximate surface area is 107 Å². The van der Waals surface area contributed by atoms with Gasteiger partial charge >= 0.3 is 0 Å². The highest BCUT2D eigenvalue weighted by molar-refractivity contribution is 6.29. The van der Waals surface area contributed by atoms with E-state index in [0.717, 1.165) is 11.5 Å². The van der Waals surface area contributed by atoms with Crippen LogP contribution < -0.4 is 5.32 Å². The van der Waals surface area contributed by atoms with Crippen molar-refractivity contribution in [1.29, 1.82) is 0 Å². The summed E-state index contributed by atoms with van der Waals surface area (Å²) in [7, 11) is 0. The molecule has 92 valence electrons. The summed E-state index contributed by atoms with van der Waals surface area (Å²) in [5.41, 5.74) is 0.838. The minimum absolute atomic E-state index is 0.353. The summed E-state index contributed by atoms with van der Waals surface area (Å²) in [4.78, 5) is 8.01. The Morgan fingerprint density at radius 2 is 2.33 bits per heavy atom. The smallest absolute Gasteiger partial charge is 0.255 e. The summed E-state index contributed by atoms with van der Waals surface area (Å²) >= 11 is 5.90. The van der Waals surface area contributed by atoms with Crippen LogP contribution in [-0.2, 0) is 6.54 Å². The molecule has 3 aromatic rings. The van der Waals surface area contributed by atoms with Crippen LogP contribution in [0.2, 0.25) is 5.15 Å². The van der Waals surface area contributed by atoms with Crippen molar-refractivity contribution in [3.05, 3.63) is 35.1 Å². The highest BCUT2D eigenvalue weighted by atomic mass is 35.5. The van der Waals surface area contributed by atoms with Crippen LogP contribution in [0.3, 0.4) is 0 Å². The van der Waals surface area contributed by atoms with E-state index in [2.05, 4.69) is 25.5 Å². The molecule has 0 spiro atoms. The molecule has 3 heterocycles. The Balaban J connectivity index is 1.87. The number of nitrogens with zero attached hydrogens (tertiary/aromatic N) is 5. The molecule has 0 aliphatic rings. The molecule has 0 fully saturated rings. The summed E-state index contributed by atoms with van der Waals surface area (Å²) in [5, 5.41) is 11.4. The number of aryl methyl sites for hydroxylation is 1. The topological polar surface area (TPSA) is 81.1 Å². The molecule has 3 rings (SSSR count). The molecule has 0 aliphatic heterocycles. The van der Waals surface area contributed by atoms with Gasteiger partial charge in [0, 0.05) is 12.1 Å². The molecule has 0 saturated heterocycles. The van der Waals surface area contributed by atoms with E-state index in [-0.39, 0.29) is 0 Å². The summed E-state index contributed by atoms with van der Waals surface area (Å²) in [5.74, 6) is 1.86. The maximum absolute atomic E-state index is 5.90. The maximum atomic E-state index is 5.90. The lowest BCUT2D eigenvalue weighted by Gasteiger charge is -2.05. The van der Waals surface area contributed by atoms with Gasteiger partial charge in [0.25, 0.3) is 5.78 Å². The fraction of sp³-hybridized carbons (Fsp3) is 0.200. The summed E-state index contributed by atoms with van der Waals surface area (Å²) < 4.78 is 6.67. The van der Waals surface area contributed by atoms with E-state index in [0.29, 0.717) is 23.3 Å². The summed E-state index contributed by atoms with van der Waals surface area (Å²) in [6.07, 6.45) is 1.42. The number of hydrogen-bond donors (Lipinski definition) is 1. The minimum atomic E-state index is 0.353. The lowest BCUT2D eigenvalue weighted by Crippen LogP contribution is -2.05. The van der Waals surface area contributed by atoms with Crippen molar-refractivity contribution >= 4 is 23.2 Å². The Morgan fingerprint density at radius 1 is 1.44 bits per heavy atom. The zero-order chi connectivity index (χ0) is 12.5. The molecule has 0 aliphatic carbocycles. The zero-order valence-electron chi connectivity index (χ0n) is 9.46. The van der Waals surface area contributed by atoms with Gasteiger partial charge in [-0.3, -0.25) is 0 Å². The van der Waals surface area contributed by atoms with E-state index in [1.54, 1.807) is 10.6 Å². The normalized spacial score (nSPS) is 11.0. The number of hydrogen-bond acceptors (Lipinski definition) is 6. The quantitative estimate of drug-likeness (QED) is 0.725. The van der Waals surface area contributed by atoms with Crippen LogP contribution >= 0.6 is 11.6 Å². The van der Waals surface area contributed by atoms with Crippen LogP contribution in [0, 0.1) is 6.92 Å². The molecule has 0 unspecified atom stereocenters. The number of fused-ring (bicyclic) bond motifs is 1. The van der Waals surface area contributed by atoms with Gasteiger partial charge < -0.3 is 9.84 Å². The van der Waals surface area contributed by atoms with Crippen molar-refractivity contribution in [2.24, 2.45) is 0 Å². The third-order valence-corrected chi connectivity index (χ3v) is 2.53.